The minimum absolute atomic E-state index is 0.0453. The van der Waals surface area contributed by atoms with Crippen molar-refractivity contribution in [2.45, 2.75) is 24.9 Å². The monoisotopic (exact) mass is 364 g/mol. The molecule has 1 aromatic carbocycles. The summed E-state index contributed by atoms with van der Waals surface area (Å²) in [4.78, 5) is 12.0. The van der Waals surface area contributed by atoms with E-state index in [1.54, 1.807) is 13.8 Å². The number of ether oxygens (including phenoxy) is 1. The van der Waals surface area contributed by atoms with E-state index in [1.165, 1.54) is 23.5 Å². The molecule has 7 heteroatoms. The van der Waals surface area contributed by atoms with E-state index in [0.29, 0.717) is 27.5 Å². The number of aromatic nitrogens is 1. The second kappa shape index (κ2) is 7.98. The molecule has 1 aromatic heterocycles. The van der Waals surface area contributed by atoms with Gasteiger partial charge in [-0.2, -0.15) is 0 Å². The summed E-state index contributed by atoms with van der Waals surface area (Å²) in [6.45, 7) is 3.50. The Morgan fingerprint density at radius 3 is 2.62 bits per heavy atom. The van der Waals surface area contributed by atoms with Gasteiger partial charge in [-0.1, -0.05) is 17.3 Å². The van der Waals surface area contributed by atoms with Crippen molar-refractivity contribution < 1.29 is 14.1 Å². The summed E-state index contributed by atoms with van der Waals surface area (Å²) in [6.07, 6.45) is 1.28. The third-order valence-corrected chi connectivity index (χ3v) is 6.66. The number of hydrogen-bond acceptors (Lipinski definition) is 6. The standard InChI is InChI=1S/C17H20N2O3S2/c1-11-16(12(2)22-19-11)18-15(20)10-21-14-6-4-13(5-7-14)17-23-8-3-9-24-17/h4-7,17H,3,8-10H2,1-2H3,(H,18,20). The van der Waals surface area contributed by atoms with Crippen LogP contribution >= 0.6 is 23.5 Å². The van der Waals surface area contributed by atoms with E-state index < -0.39 is 0 Å². The van der Waals surface area contributed by atoms with Crippen LogP contribution in [0.1, 0.15) is 28.0 Å². The van der Waals surface area contributed by atoms with Crippen LogP contribution in [0.2, 0.25) is 0 Å². The molecule has 1 N–H and O–H groups in total. The number of carbonyl (C=O) groups excluding carboxylic acids is 1. The molecule has 1 saturated heterocycles. The van der Waals surface area contributed by atoms with Gasteiger partial charge in [0, 0.05) is 0 Å². The quantitative estimate of drug-likeness (QED) is 0.859. The first kappa shape index (κ1) is 17.2. The summed E-state index contributed by atoms with van der Waals surface area (Å²) in [6, 6.07) is 8.01. The van der Waals surface area contributed by atoms with Crippen molar-refractivity contribution in [3.05, 3.63) is 41.3 Å². The van der Waals surface area contributed by atoms with Crippen molar-refractivity contribution in [3.8, 4) is 5.75 Å². The van der Waals surface area contributed by atoms with Crippen LogP contribution in [0.4, 0.5) is 5.69 Å². The van der Waals surface area contributed by atoms with Crippen LogP contribution < -0.4 is 10.1 Å². The van der Waals surface area contributed by atoms with Crippen molar-refractivity contribution in [1.29, 1.82) is 0 Å². The molecule has 0 radical (unpaired) electrons. The molecule has 0 saturated carbocycles. The molecule has 3 rings (SSSR count). The topological polar surface area (TPSA) is 64.4 Å². The van der Waals surface area contributed by atoms with E-state index in [2.05, 4.69) is 22.6 Å². The molecule has 5 nitrogen and oxygen atoms in total. The molecule has 1 fully saturated rings. The van der Waals surface area contributed by atoms with Crippen LogP contribution in [0.25, 0.3) is 0 Å². The maximum absolute atomic E-state index is 12.0. The van der Waals surface area contributed by atoms with Crippen LogP contribution in [-0.4, -0.2) is 29.2 Å². The van der Waals surface area contributed by atoms with Crippen LogP contribution in [0.5, 0.6) is 5.75 Å². The Labute approximate surface area is 149 Å². The third kappa shape index (κ3) is 4.27. The van der Waals surface area contributed by atoms with E-state index in [4.69, 9.17) is 9.26 Å². The molecule has 0 unspecified atom stereocenters. The summed E-state index contributed by atoms with van der Waals surface area (Å²) in [5, 5.41) is 6.57. The average Bonchev–Trinajstić information content (AvgIpc) is 2.93. The zero-order valence-electron chi connectivity index (χ0n) is 13.7. The summed E-state index contributed by atoms with van der Waals surface area (Å²) in [5.74, 6) is 3.49. The largest absolute Gasteiger partial charge is 0.484 e. The van der Waals surface area contributed by atoms with Gasteiger partial charge in [-0.05, 0) is 49.5 Å². The number of hydrogen-bond donors (Lipinski definition) is 1. The first-order valence-corrected chi connectivity index (χ1v) is 9.92. The van der Waals surface area contributed by atoms with Gasteiger partial charge in [-0.25, -0.2) is 0 Å². The Kier molecular flexibility index (Phi) is 5.73. The van der Waals surface area contributed by atoms with E-state index in [9.17, 15) is 4.79 Å². The number of nitrogens with zero attached hydrogens (tertiary/aromatic N) is 1. The Morgan fingerprint density at radius 2 is 2.00 bits per heavy atom. The fourth-order valence-corrected chi connectivity index (χ4v) is 5.28. The number of carbonyl (C=O) groups is 1. The molecular weight excluding hydrogens is 344 g/mol. The Balaban J connectivity index is 1.52. The molecule has 2 aromatic rings. The van der Waals surface area contributed by atoms with Crippen molar-refractivity contribution in [2.24, 2.45) is 0 Å². The van der Waals surface area contributed by atoms with Crippen LogP contribution in [-0.2, 0) is 4.79 Å². The summed E-state index contributed by atoms with van der Waals surface area (Å²) >= 11 is 3.98. The van der Waals surface area contributed by atoms with Crippen LogP contribution in [0, 0.1) is 13.8 Å². The maximum atomic E-state index is 12.0. The zero-order chi connectivity index (χ0) is 16.9. The first-order valence-electron chi connectivity index (χ1n) is 7.82. The molecule has 2 heterocycles. The molecule has 1 aliphatic rings. The Bertz CT molecular complexity index is 675. The second-order valence-corrected chi connectivity index (χ2v) is 8.26. The minimum atomic E-state index is -0.230. The van der Waals surface area contributed by atoms with E-state index in [-0.39, 0.29) is 12.5 Å². The van der Waals surface area contributed by atoms with E-state index in [1.807, 2.05) is 35.7 Å². The van der Waals surface area contributed by atoms with Gasteiger partial charge < -0.3 is 14.6 Å². The molecule has 0 atom stereocenters. The Morgan fingerprint density at radius 1 is 1.29 bits per heavy atom. The molecule has 128 valence electrons. The van der Waals surface area contributed by atoms with Gasteiger partial charge in [-0.3, -0.25) is 4.79 Å². The van der Waals surface area contributed by atoms with Gasteiger partial charge in [0.05, 0.1) is 4.58 Å². The average molecular weight is 364 g/mol. The number of aryl methyl sites for hydroxylation is 2. The highest BCUT2D eigenvalue weighted by Gasteiger charge is 2.16. The number of amides is 1. The molecule has 1 aliphatic heterocycles. The number of thioether (sulfide) groups is 2. The van der Waals surface area contributed by atoms with Gasteiger partial charge in [0.1, 0.15) is 17.1 Å². The molecule has 0 bridgehead atoms. The van der Waals surface area contributed by atoms with Crippen molar-refractivity contribution in [3.63, 3.8) is 0 Å². The lowest BCUT2D eigenvalue weighted by Gasteiger charge is -2.21. The normalized spacial score (nSPS) is 15.2. The molecular formula is C17H20N2O3S2. The SMILES string of the molecule is Cc1noc(C)c1NC(=O)COc1ccc(C2SCCCS2)cc1. The maximum Gasteiger partial charge on any atom is 0.262 e. The fraction of sp³-hybridized carbons (Fsp3) is 0.412. The van der Waals surface area contributed by atoms with E-state index >= 15 is 0 Å². The highest BCUT2D eigenvalue weighted by molar-refractivity contribution is 8.16. The van der Waals surface area contributed by atoms with E-state index in [0.717, 1.165) is 0 Å². The molecule has 24 heavy (non-hydrogen) atoms. The smallest absolute Gasteiger partial charge is 0.262 e. The predicted molar refractivity (Wildman–Crippen MR) is 98.8 cm³/mol. The summed E-state index contributed by atoms with van der Waals surface area (Å²) in [5.41, 5.74) is 2.58. The minimum Gasteiger partial charge on any atom is -0.484 e. The lowest BCUT2D eigenvalue weighted by Crippen LogP contribution is -2.20. The number of rotatable bonds is 5. The van der Waals surface area contributed by atoms with Gasteiger partial charge in [0.25, 0.3) is 5.91 Å². The van der Waals surface area contributed by atoms with Crippen LogP contribution in [0.15, 0.2) is 28.8 Å². The highest BCUT2D eigenvalue weighted by Crippen LogP contribution is 2.43. The first-order chi connectivity index (χ1) is 11.6. The third-order valence-electron chi connectivity index (χ3n) is 3.65. The van der Waals surface area contributed by atoms with Crippen molar-refractivity contribution >= 4 is 35.1 Å². The van der Waals surface area contributed by atoms with Crippen molar-refractivity contribution in [1.82, 2.24) is 5.16 Å². The Hall–Kier alpha value is -1.60. The fourth-order valence-electron chi connectivity index (χ4n) is 2.39. The molecule has 0 aliphatic carbocycles. The highest BCUT2D eigenvalue weighted by atomic mass is 32.2. The molecule has 0 spiro atoms. The lowest BCUT2D eigenvalue weighted by atomic mass is 10.2. The number of nitrogens with one attached hydrogen (secondary N) is 1. The number of anilines is 1. The van der Waals surface area contributed by atoms with Gasteiger partial charge in [0.15, 0.2) is 12.4 Å². The zero-order valence-corrected chi connectivity index (χ0v) is 15.3. The summed E-state index contributed by atoms with van der Waals surface area (Å²) < 4.78 is 11.1. The van der Waals surface area contributed by atoms with Gasteiger partial charge in [-0.15, -0.1) is 23.5 Å². The predicted octanol–water partition coefficient (Wildman–Crippen LogP) is 4.18. The second-order valence-electron chi connectivity index (χ2n) is 5.53. The van der Waals surface area contributed by atoms with Gasteiger partial charge in [0.2, 0.25) is 0 Å². The van der Waals surface area contributed by atoms with Crippen molar-refractivity contribution in [2.75, 3.05) is 23.4 Å². The van der Waals surface area contributed by atoms with Crippen LogP contribution in [0.3, 0.4) is 0 Å². The lowest BCUT2D eigenvalue weighted by molar-refractivity contribution is -0.118. The molecule has 1 amide bonds. The van der Waals surface area contributed by atoms with Gasteiger partial charge >= 0.3 is 0 Å². The summed E-state index contributed by atoms with van der Waals surface area (Å²) in [7, 11) is 0. The number of benzene rings is 1.